The summed E-state index contributed by atoms with van der Waals surface area (Å²) in [5.41, 5.74) is 0. The maximum Gasteiger partial charge on any atom is 0.332 e. The summed E-state index contributed by atoms with van der Waals surface area (Å²) in [4.78, 5) is 10.6. The van der Waals surface area contributed by atoms with Crippen LogP contribution >= 0.6 is 0 Å². The first-order valence-corrected chi connectivity index (χ1v) is 4.38. The van der Waals surface area contributed by atoms with E-state index in [-0.39, 0.29) is 6.42 Å². The quantitative estimate of drug-likeness (QED) is 0.260. The van der Waals surface area contributed by atoms with E-state index in [1.807, 2.05) is 6.92 Å². The van der Waals surface area contributed by atoms with Crippen molar-refractivity contribution < 1.29 is 24.5 Å². The summed E-state index contributed by atoms with van der Waals surface area (Å²) < 4.78 is 9.34. The molecule has 0 aliphatic rings. The van der Waals surface area contributed by atoms with E-state index in [1.165, 1.54) is 0 Å². The Labute approximate surface area is 82.9 Å². The van der Waals surface area contributed by atoms with Crippen molar-refractivity contribution in [3.8, 4) is 0 Å². The summed E-state index contributed by atoms with van der Waals surface area (Å²) in [7, 11) is 0. The van der Waals surface area contributed by atoms with Crippen LogP contribution in [0.2, 0.25) is 0 Å². The van der Waals surface area contributed by atoms with Gasteiger partial charge in [0, 0.05) is 25.7 Å². The van der Waals surface area contributed by atoms with E-state index in [1.54, 1.807) is 0 Å². The van der Waals surface area contributed by atoms with Crippen LogP contribution in [-0.4, -0.2) is 41.8 Å². The molecule has 5 nitrogen and oxygen atoms in total. The van der Waals surface area contributed by atoms with Gasteiger partial charge in [-0.2, -0.15) is 0 Å². The largest absolute Gasteiger partial charge is 0.430 e. The zero-order chi connectivity index (χ0) is 11.0. The second-order valence-corrected chi connectivity index (χ2v) is 2.58. The Kier molecular flexibility index (Phi) is 7.00. The Bertz CT molecular complexity index is 180. The molecule has 0 aromatic carbocycles. The molecule has 0 heterocycles. The number of esters is 1. The summed E-state index contributed by atoms with van der Waals surface area (Å²) in [6.45, 7) is 5.82. The van der Waals surface area contributed by atoms with E-state index in [9.17, 15) is 9.90 Å². The normalized spacial score (nSPS) is 14.5. The number of ether oxygens (including phenoxy) is 2. The summed E-state index contributed by atoms with van der Waals surface area (Å²) in [6, 6.07) is 0. The van der Waals surface area contributed by atoms with Crippen molar-refractivity contribution in [2.45, 2.75) is 25.7 Å². The van der Waals surface area contributed by atoms with Gasteiger partial charge in [0.05, 0.1) is 0 Å². The first-order valence-electron chi connectivity index (χ1n) is 4.38. The summed E-state index contributed by atoms with van der Waals surface area (Å²) >= 11 is 0. The number of aliphatic hydroxyl groups excluding tert-OH is 2. The maximum absolute atomic E-state index is 10.6. The molecule has 0 rings (SSSR count). The number of hydrogen-bond acceptors (Lipinski definition) is 5. The number of rotatable bonds is 7. The highest BCUT2D eigenvalue weighted by molar-refractivity contribution is 5.81. The van der Waals surface area contributed by atoms with Crippen molar-refractivity contribution >= 4 is 5.97 Å². The second-order valence-electron chi connectivity index (χ2n) is 2.58. The Hall–Kier alpha value is -0.910. The molecule has 2 unspecified atom stereocenters. The average Bonchev–Trinajstić information content (AvgIpc) is 2.17. The second kappa shape index (κ2) is 7.49. The SMILES string of the molecule is C=CC(=O)OC(O)C(O)CCOCC. The monoisotopic (exact) mass is 204 g/mol. The lowest BCUT2D eigenvalue weighted by molar-refractivity contribution is -0.183. The average molecular weight is 204 g/mol. The van der Waals surface area contributed by atoms with Gasteiger partial charge in [-0.05, 0) is 6.92 Å². The Morgan fingerprint density at radius 1 is 1.57 bits per heavy atom. The predicted molar refractivity (Wildman–Crippen MR) is 49.4 cm³/mol. The van der Waals surface area contributed by atoms with Gasteiger partial charge in [-0.1, -0.05) is 6.58 Å². The fourth-order valence-corrected chi connectivity index (χ4v) is 0.737. The van der Waals surface area contributed by atoms with E-state index >= 15 is 0 Å². The zero-order valence-corrected chi connectivity index (χ0v) is 8.18. The van der Waals surface area contributed by atoms with Gasteiger partial charge in [0.1, 0.15) is 6.10 Å². The molecule has 0 aliphatic carbocycles. The van der Waals surface area contributed by atoms with Crippen LogP contribution in [0.3, 0.4) is 0 Å². The topological polar surface area (TPSA) is 76.0 Å². The van der Waals surface area contributed by atoms with Crippen LogP contribution in [-0.2, 0) is 14.3 Å². The molecule has 0 aromatic heterocycles. The van der Waals surface area contributed by atoms with E-state index in [0.29, 0.717) is 13.2 Å². The highest BCUT2D eigenvalue weighted by atomic mass is 16.6. The minimum Gasteiger partial charge on any atom is -0.430 e. The molecule has 0 radical (unpaired) electrons. The molecule has 2 N–H and O–H groups in total. The lowest BCUT2D eigenvalue weighted by Crippen LogP contribution is -2.31. The number of carbonyl (C=O) groups excluding carboxylic acids is 1. The van der Waals surface area contributed by atoms with E-state index in [2.05, 4.69) is 11.3 Å². The van der Waals surface area contributed by atoms with Crippen molar-refractivity contribution in [3.63, 3.8) is 0 Å². The lowest BCUT2D eigenvalue weighted by Gasteiger charge is -2.16. The van der Waals surface area contributed by atoms with Gasteiger partial charge in [-0.3, -0.25) is 0 Å². The molecule has 0 aromatic rings. The number of aliphatic hydroxyl groups is 2. The van der Waals surface area contributed by atoms with Gasteiger partial charge < -0.3 is 19.7 Å². The molecule has 0 saturated carbocycles. The van der Waals surface area contributed by atoms with Gasteiger partial charge in [-0.25, -0.2) is 4.79 Å². The minimum absolute atomic E-state index is 0.208. The fraction of sp³-hybridized carbons (Fsp3) is 0.667. The summed E-state index contributed by atoms with van der Waals surface area (Å²) in [5.74, 6) is -0.770. The van der Waals surface area contributed by atoms with Crippen molar-refractivity contribution in [2.75, 3.05) is 13.2 Å². The summed E-state index contributed by atoms with van der Waals surface area (Å²) in [5, 5.41) is 18.4. The fourth-order valence-electron chi connectivity index (χ4n) is 0.737. The van der Waals surface area contributed by atoms with Gasteiger partial charge >= 0.3 is 5.97 Å². The van der Waals surface area contributed by atoms with Crippen LogP contribution < -0.4 is 0 Å². The van der Waals surface area contributed by atoms with Crippen LogP contribution in [0.1, 0.15) is 13.3 Å². The third-order valence-corrected chi connectivity index (χ3v) is 1.49. The molecule has 0 amide bonds. The van der Waals surface area contributed by atoms with E-state index in [4.69, 9.17) is 9.84 Å². The molecule has 0 fully saturated rings. The van der Waals surface area contributed by atoms with Gasteiger partial charge in [0.2, 0.25) is 6.29 Å². The molecule has 0 spiro atoms. The van der Waals surface area contributed by atoms with Crippen LogP contribution in [0.4, 0.5) is 0 Å². The third-order valence-electron chi connectivity index (χ3n) is 1.49. The van der Waals surface area contributed by atoms with E-state index < -0.39 is 18.4 Å². The van der Waals surface area contributed by atoms with Crippen molar-refractivity contribution in [2.24, 2.45) is 0 Å². The molecule has 0 aliphatic heterocycles. The molecular weight excluding hydrogens is 188 g/mol. The zero-order valence-electron chi connectivity index (χ0n) is 8.18. The Balaban J connectivity index is 3.69. The molecule has 0 saturated heterocycles. The molecule has 5 heteroatoms. The van der Waals surface area contributed by atoms with Crippen LogP contribution in [0, 0.1) is 0 Å². The third kappa shape index (κ3) is 5.69. The standard InChI is InChI=1S/C9H16O5/c1-3-8(11)14-9(12)7(10)5-6-13-4-2/h3,7,9-10,12H,1,4-6H2,2H3. The number of hydrogen-bond donors (Lipinski definition) is 2. The van der Waals surface area contributed by atoms with Crippen molar-refractivity contribution in [1.82, 2.24) is 0 Å². The van der Waals surface area contributed by atoms with E-state index in [0.717, 1.165) is 6.08 Å². The Morgan fingerprint density at radius 2 is 2.21 bits per heavy atom. The van der Waals surface area contributed by atoms with Gasteiger partial charge in [0.25, 0.3) is 0 Å². The van der Waals surface area contributed by atoms with Crippen LogP contribution in [0.15, 0.2) is 12.7 Å². The van der Waals surface area contributed by atoms with Crippen LogP contribution in [0.25, 0.3) is 0 Å². The molecule has 14 heavy (non-hydrogen) atoms. The molecular formula is C9H16O5. The van der Waals surface area contributed by atoms with Crippen molar-refractivity contribution in [1.29, 1.82) is 0 Å². The predicted octanol–water partition coefficient (Wildman–Crippen LogP) is -0.179. The lowest BCUT2D eigenvalue weighted by atomic mass is 10.2. The molecule has 0 bridgehead atoms. The van der Waals surface area contributed by atoms with Crippen molar-refractivity contribution in [3.05, 3.63) is 12.7 Å². The highest BCUT2D eigenvalue weighted by Crippen LogP contribution is 2.01. The highest BCUT2D eigenvalue weighted by Gasteiger charge is 2.18. The van der Waals surface area contributed by atoms with Crippen LogP contribution in [0.5, 0.6) is 0 Å². The first-order chi connectivity index (χ1) is 6.61. The maximum atomic E-state index is 10.6. The smallest absolute Gasteiger partial charge is 0.332 e. The number of carbonyl (C=O) groups is 1. The summed E-state index contributed by atoms with van der Waals surface area (Å²) in [6.07, 6.45) is -1.54. The molecule has 2 atom stereocenters. The van der Waals surface area contributed by atoms with Gasteiger partial charge in [-0.15, -0.1) is 0 Å². The van der Waals surface area contributed by atoms with Gasteiger partial charge in [0.15, 0.2) is 0 Å². The first kappa shape index (κ1) is 13.1. The Morgan fingerprint density at radius 3 is 2.71 bits per heavy atom. The minimum atomic E-state index is -1.53. The molecule has 82 valence electrons.